The second-order valence-electron chi connectivity index (χ2n) is 6.78. The molecule has 0 aliphatic carbocycles. The highest BCUT2D eigenvalue weighted by molar-refractivity contribution is 6.30. The van der Waals surface area contributed by atoms with Crippen LogP contribution in [-0.2, 0) is 20.7 Å². The molecule has 2 amide bonds. The van der Waals surface area contributed by atoms with Crippen molar-refractivity contribution >= 4 is 23.4 Å². The van der Waals surface area contributed by atoms with E-state index in [-0.39, 0.29) is 11.8 Å². The van der Waals surface area contributed by atoms with Gasteiger partial charge in [-0.15, -0.1) is 0 Å². The summed E-state index contributed by atoms with van der Waals surface area (Å²) in [5.74, 6) is 0.295. The molecule has 3 rings (SSSR count). The van der Waals surface area contributed by atoms with Gasteiger partial charge in [0.2, 0.25) is 11.8 Å². The Morgan fingerprint density at radius 2 is 1.62 bits per heavy atom. The molecular formula is C19H26ClN3O3. The molecule has 0 atom stereocenters. The minimum atomic E-state index is 0.144. The molecule has 0 unspecified atom stereocenters. The highest BCUT2D eigenvalue weighted by atomic mass is 35.5. The minimum absolute atomic E-state index is 0.144. The van der Waals surface area contributed by atoms with E-state index >= 15 is 0 Å². The molecule has 2 heterocycles. The van der Waals surface area contributed by atoms with Crippen LogP contribution in [0.2, 0.25) is 5.02 Å². The zero-order chi connectivity index (χ0) is 18.4. The maximum atomic E-state index is 12.4. The van der Waals surface area contributed by atoms with Gasteiger partial charge in [-0.1, -0.05) is 23.7 Å². The first kappa shape index (κ1) is 19.1. The summed E-state index contributed by atoms with van der Waals surface area (Å²) in [6.07, 6.45) is 1.16. The number of hydrogen-bond acceptors (Lipinski definition) is 4. The van der Waals surface area contributed by atoms with Crippen LogP contribution in [0, 0.1) is 0 Å². The second-order valence-corrected chi connectivity index (χ2v) is 7.22. The topological polar surface area (TPSA) is 53.1 Å². The van der Waals surface area contributed by atoms with E-state index in [1.54, 1.807) is 0 Å². The molecule has 0 aromatic heterocycles. The summed E-state index contributed by atoms with van der Waals surface area (Å²) in [6, 6.07) is 7.62. The first-order valence-corrected chi connectivity index (χ1v) is 9.60. The van der Waals surface area contributed by atoms with Gasteiger partial charge in [-0.2, -0.15) is 0 Å². The average Bonchev–Trinajstić information content (AvgIpc) is 2.67. The lowest BCUT2D eigenvalue weighted by molar-refractivity contribution is -0.140. The molecule has 6 nitrogen and oxygen atoms in total. The highest BCUT2D eigenvalue weighted by Gasteiger charge is 2.25. The van der Waals surface area contributed by atoms with Gasteiger partial charge in [-0.3, -0.25) is 14.5 Å². The molecule has 0 N–H and O–H groups in total. The number of piperazine rings is 1. The number of benzene rings is 1. The minimum Gasteiger partial charge on any atom is -0.379 e. The number of carbonyl (C=O) groups excluding carboxylic acids is 2. The third-order valence-corrected chi connectivity index (χ3v) is 5.20. The van der Waals surface area contributed by atoms with Crippen LogP contribution in [0.1, 0.15) is 12.0 Å². The van der Waals surface area contributed by atoms with Gasteiger partial charge in [0.25, 0.3) is 0 Å². The van der Waals surface area contributed by atoms with Crippen molar-refractivity contribution in [3.8, 4) is 0 Å². The van der Waals surface area contributed by atoms with E-state index in [4.69, 9.17) is 16.3 Å². The van der Waals surface area contributed by atoms with Gasteiger partial charge in [0.15, 0.2) is 0 Å². The van der Waals surface area contributed by atoms with Crippen molar-refractivity contribution in [3.63, 3.8) is 0 Å². The maximum absolute atomic E-state index is 12.4. The van der Waals surface area contributed by atoms with E-state index < -0.39 is 0 Å². The third-order valence-electron chi connectivity index (χ3n) is 4.96. The normalized spacial score (nSPS) is 18.8. The van der Waals surface area contributed by atoms with Crippen LogP contribution in [0.15, 0.2) is 24.3 Å². The molecule has 2 aliphatic heterocycles. The summed E-state index contributed by atoms with van der Waals surface area (Å²) in [4.78, 5) is 30.7. The number of morpholine rings is 1. The molecule has 26 heavy (non-hydrogen) atoms. The molecule has 2 aliphatic rings. The van der Waals surface area contributed by atoms with Gasteiger partial charge < -0.3 is 14.5 Å². The summed E-state index contributed by atoms with van der Waals surface area (Å²) < 4.78 is 5.31. The molecule has 7 heteroatoms. The first-order chi connectivity index (χ1) is 12.6. The third kappa shape index (κ3) is 5.43. The molecule has 2 saturated heterocycles. The van der Waals surface area contributed by atoms with Crippen molar-refractivity contribution < 1.29 is 14.3 Å². The van der Waals surface area contributed by atoms with Crippen LogP contribution in [0.4, 0.5) is 0 Å². The Balaban J connectivity index is 1.39. The monoisotopic (exact) mass is 379 g/mol. The van der Waals surface area contributed by atoms with E-state index in [0.717, 1.165) is 18.7 Å². The Bertz CT molecular complexity index is 626. The van der Waals surface area contributed by atoms with Crippen LogP contribution in [-0.4, -0.2) is 85.5 Å². The molecule has 0 radical (unpaired) electrons. The van der Waals surface area contributed by atoms with E-state index in [2.05, 4.69) is 4.90 Å². The molecule has 1 aromatic carbocycles. The van der Waals surface area contributed by atoms with Crippen LogP contribution < -0.4 is 0 Å². The number of carbonyl (C=O) groups is 2. The number of halogens is 1. The zero-order valence-corrected chi connectivity index (χ0v) is 15.8. The van der Waals surface area contributed by atoms with Crippen LogP contribution in [0.3, 0.4) is 0 Å². The van der Waals surface area contributed by atoms with E-state index in [0.29, 0.717) is 63.8 Å². The fourth-order valence-electron chi connectivity index (χ4n) is 3.36. The zero-order valence-electron chi connectivity index (χ0n) is 15.0. The summed E-state index contributed by atoms with van der Waals surface area (Å²) in [5.41, 5.74) is 1.07. The fraction of sp³-hybridized carbons (Fsp3) is 0.579. The van der Waals surface area contributed by atoms with Crippen molar-refractivity contribution in [1.29, 1.82) is 0 Å². The lowest BCUT2D eigenvalue weighted by atomic mass is 10.1. The summed E-state index contributed by atoms with van der Waals surface area (Å²) >= 11 is 5.98. The standard InChI is InChI=1S/C19H26ClN3O3/c20-17-3-1-2-16(14-17)4-5-18(24)22-6-8-23(9-7-22)19(25)15-21-10-12-26-13-11-21/h1-3,14H,4-13,15H2. The van der Waals surface area contributed by atoms with E-state index in [1.807, 2.05) is 34.1 Å². The highest BCUT2D eigenvalue weighted by Crippen LogP contribution is 2.13. The van der Waals surface area contributed by atoms with Crippen LogP contribution in [0.25, 0.3) is 0 Å². The lowest BCUT2D eigenvalue weighted by Gasteiger charge is -2.36. The number of hydrogen-bond donors (Lipinski definition) is 0. The molecule has 1 aromatic rings. The molecule has 0 bridgehead atoms. The molecule has 0 spiro atoms. The Kier molecular flexibility index (Phi) is 6.88. The number of amides is 2. The Morgan fingerprint density at radius 3 is 2.27 bits per heavy atom. The van der Waals surface area contributed by atoms with E-state index in [9.17, 15) is 9.59 Å². The fourth-order valence-corrected chi connectivity index (χ4v) is 3.57. The predicted molar refractivity (Wildman–Crippen MR) is 100 cm³/mol. The van der Waals surface area contributed by atoms with Crippen molar-refractivity contribution in [2.75, 3.05) is 59.0 Å². The number of ether oxygens (including phenoxy) is 1. The van der Waals surface area contributed by atoms with E-state index in [1.165, 1.54) is 0 Å². The molecule has 2 fully saturated rings. The van der Waals surface area contributed by atoms with Gasteiger partial charge >= 0.3 is 0 Å². The largest absolute Gasteiger partial charge is 0.379 e. The average molecular weight is 380 g/mol. The Hall–Kier alpha value is -1.63. The van der Waals surface area contributed by atoms with Gasteiger partial charge in [-0.25, -0.2) is 0 Å². The van der Waals surface area contributed by atoms with Gasteiger partial charge in [0.05, 0.1) is 19.8 Å². The second kappa shape index (κ2) is 9.35. The van der Waals surface area contributed by atoms with Crippen molar-refractivity contribution in [3.05, 3.63) is 34.9 Å². The maximum Gasteiger partial charge on any atom is 0.236 e. The van der Waals surface area contributed by atoms with Gasteiger partial charge in [0.1, 0.15) is 0 Å². The quantitative estimate of drug-likeness (QED) is 0.773. The SMILES string of the molecule is O=C(CCc1cccc(Cl)c1)N1CCN(C(=O)CN2CCOCC2)CC1. The molecule has 0 saturated carbocycles. The Labute approximate surface area is 159 Å². The molecular weight excluding hydrogens is 354 g/mol. The van der Waals surface area contributed by atoms with Gasteiger partial charge in [-0.05, 0) is 24.1 Å². The Morgan fingerprint density at radius 1 is 0.962 bits per heavy atom. The van der Waals surface area contributed by atoms with Gasteiger partial charge in [0, 0.05) is 50.7 Å². The van der Waals surface area contributed by atoms with Crippen LogP contribution in [0.5, 0.6) is 0 Å². The first-order valence-electron chi connectivity index (χ1n) is 9.22. The molecule has 142 valence electrons. The van der Waals surface area contributed by atoms with Crippen molar-refractivity contribution in [2.24, 2.45) is 0 Å². The predicted octanol–water partition coefficient (Wildman–Crippen LogP) is 1.28. The summed E-state index contributed by atoms with van der Waals surface area (Å²) in [5, 5.41) is 0.697. The number of aryl methyl sites for hydroxylation is 1. The number of nitrogens with zero attached hydrogens (tertiary/aromatic N) is 3. The summed E-state index contributed by atoms with van der Waals surface area (Å²) in [6.45, 7) is 5.93. The van der Waals surface area contributed by atoms with Crippen molar-refractivity contribution in [2.45, 2.75) is 12.8 Å². The summed E-state index contributed by atoms with van der Waals surface area (Å²) in [7, 11) is 0. The van der Waals surface area contributed by atoms with Crippen molar-refractivity contribution in [1.82, 2.24) is 14.7 Å². The van der Waals surface area contributed by atoms with Crippen LogP contribution >= 0.6 is 11.6 Å². The lowest BCUT2D eigenvalue weighted by Crippen LogP contribution is -2.53. The smallest absolute Gasteiger partial charge is 0.236 e. The number of rotatable bonds is 5.